The van der Waals surface area contributed by atoms with Crippen molar-refractivity contribution in [3.8, 4) is 23.0 Å². The van der Waals surface area contributed by atoms with Crippen LogP contribution in [0.15, 0.2) is 59.1 Å². The second kappa shape index (κ2) is 7.81. The van der Waals surface area contributed by atoms with Gasteiger partial charge in [0.05, 0.1) is 24.8 Å². The Hall–Kier alpha value is -3.58. The molecule has 0 saturated carbocycles. The quantitative estimate of drug-likeness (QED) is 0.509. The maximum atomic E-state index is 12.9. The van der Waals surface area contributed by atoms with E-state index in [2.05, 4.69) is 15.3 Å². The van der Waals surface area contributed by atoms with Crippen LogP contribution < -0.4 is 14.8 Å². The molecule has 1 amide bonds. The lowest BCUT2D eigenvalue weighted by atomic mass is 10.1. The molecule has 0 radical (unpaired) electrons. The molecular formula is C21H16ClN3O4. The van der Waals surface area contributed by atoms with E-state index >= 15 is 0 Å². The van der Waals surface area contributed by atoms with Gasteiger partial charge < -0.3 is 19.2 Å². The Morgan fingerprint density at radius 2 is 1.83 bits per heavy atom. The van der Waals surface area contributed by atoms with Crippen molar-refractivity contribution in [2.24, 2.45) is 0 Å². The summed E-state index contributed by atoms with van der Waals surface area (Å²) in [6.07, 6.45) is 1.63. The molecule has 146 valence electrons. The van der Waals surface area contributed by atoms with Crippen LogP contribution in [-0.2, 0) is 0 Å². The van der Waals surface area contributed by atoms with Crippen LogP contribution >= 0.6 is 11.6 Å². The van der Waals surface area contributed by atoms with Crippen molar-refractivity contribution in [1.82, 2.24) is 9.97 Å². The summed E-state index contributed by atoms with van der Waals surface area (Å²) >= 11 is 6.33. The van der Waals surface area contributed by atoms with Gasteiger partial charge in [0.15, 0.2) is 11.2 Å². The van der Waals surface area contributed by atoms with Crippen LogP contribution in [0.1, 0.15) is 10.4 Å². The molecular weight excluding hydrogens is 394 g/mol. The molecule has 0 fully saturated rings. The summed E-state index contributed by atoms with van der Waals surface area (Å²) in [7, 11) is 2.99. The number of ether oxygens (including phenoxy) is 2. The van der Waals surface area contributed by atoms with E-state index in [1.807, 2.05) is 0 Å². The number of rotatable bonds is 5. The summed E-state index contributed by atoms with van der Waals surface area (Å²) in [5, 5.41) is 3.27. The molecule has 2 aromatic heterocycles. The fraction of sp³-hybridized carbons (Fsp3) is 0.0952. The van der Waals surface area contributed by atoms with Gasteiger partial charge in [0, 0.05) is 11.9 Å². The Kier molecular flexibility index (Phi) is 5.05. The largest absolute Gasteiger partial charge is 0.496 e. The van der Waals surface area contributed by atoms with Crippen LogP contribution in [0.3, 0.4) is 0 Å². The molecule has 2 aromatic carbocycles. The number of benzene rings is 2. The molecule has 4 aromatic rings. The van der Waals surface area contributed by atoms with Gasteiger partial charge in [-0.3, -0.25) is 4.79 Å². The molecule has 0 aliphatic rings. The van der Waals surface area contributed by atoms with E-state index in [0.717, 1.165) is 0 Å². The molecule has 0 spiro atoms. The number of pyridine rings is 1. The third-order valence-corrected chi connectivity index (χ3v) is 4.60. The Morgan fingerprint density at radius 3 is 2.52 bits per heavy atom. The number of nitrogens with one attached hydrogen (secondary N) is 1. The smallest absolute Gasteiger partial charge is 0.263 e. The highest BCUT2D eigenvalue weighted by Gasteiger charge is 2.19. The van der Waals surface area contributed by atoms with Gasteiger partial charge in [0.2, 0.25) is 5.89 Å². The van der Waals surface area contributed by atoms with Crippen LogP contribution in [0.25, 0.3) is 22.7 Å². The van der Waals surface area contributed by atoms with Crippen LogP contribution in [0.5, 0.6) is 11.5 Å². The van der Waals surface area contributed by atoms with Gasteiger partial charge in [-0.15, -0.1) is 0 Å². The minimum Gasteiger partial charge on any atom is -0.496 e. The average Bonchev–Trinajstić information content (AvgIpc) is 3.18. The Balaban J connectivity index is 1.69. The SMILES string of the molecule is COc1cccc(OC)c1C(=O)Nc1ccc(Cl)c(-c2nc3ncccc3o2)c1. The van der Waals surface area contributed by atoms with Gasteiger partial charge in [-0.2, -0.15) is 4.98 Å². The lowest BCUT2D eigenvalue weighted by molar-refractivity contribution is 0.102. The number of carbonyl (C=O) groups is 1. The summed E-state index contributed by atoms with van der Waals surface area (Å²) in [6, 6.07) is 13.7. The fourth-order valence-corrected chi connectivity index (χ4v) is 3.12. The number of methoxy groups -OCH3 is 2. The average molecular weight is 410 g/mol. The molecule has 0 aliphatic carbocycles. The van der Waals surface area contributed by atoms with Crippen molar-refractivity contribution in [3.05, 3.63) is 65.3 Å². The Morgan fingerprint density at radius 1 is 1.07 bits per heavy atom. The van der Waals surface area contributed by atoms with E-state index in [1.165, 1.54) is 14.2 Å². The van der Waals surface area contributed by atoms with Gasteiger partial charge in [0.25, 0.3) is 5.91 Å². The molecule has 0 bridgehead atoms. The van der Waals surface area contributed by atoms with Crippen LogP contribution in [0.4, 0.5) is 5.69 Å². The van der Waals surface area contributed by atoms with E-state index in [9.17, 15) is 4.79 Å². The summed E-state index contributed by atoms with van der Waals surface area (Å²) in [6.45, 7) is 0. The predicted molar refractivity (Wildman–Crippen MR) is 110 cm³/mol. The Bertz CT molecular complexity index is 1150. The zero-order valence-corrected chi connectivity index (χ0v) is 16.4. The van der Waals surface area contributed by atoms with Crippen molar-refractivity contribution < 1.29 is 18.7 Å². The van der Waals surface area contributed by atoms with Crippen LogP contribution in [0.2, 0.25) is 5.02 Å². The number of hydrogen-bond acceptors (Lipinski definition) is 6. The third kappa shape index (κ3) is 3.60. The zero-order chi connectivity index (χ0) is 20.4. The van der Waals surface area contributed by atoms with Crippen molar-refractivity contribution in [2.45, 2.75) is 0 Å². The molecule has 7 nitrogen and oxygen atoms in total. The molecule has 29 heavy (non-hydrogen) atoms. The second-order valence-corrected chi connectivity index (χ2v) is 6.44. The number of anilines is 1. The number of aromatic nitrogens is 2. The number of oxazole rings is 1. The van der Waals surface area contributed by atoms with E-state index in [0.29, 0.717) is 50.5 Å². The van der Waals surface area contributed by atoms with E-state index in [-0.39, 0.29) is 5.91 Å². The molecule has 1 N–H and O–H groups in total. The molecule has 0 unspecified atom stereocenters. The van der Waals surface area contributed by atoms with E-state index < -0.39 is 0 Å². The first-order valence-electron chi connectivity index (χ1n) is 8.64. The minimum absolute atomic E-state index is 0.292. The molecule has 4 rings (SSSR count). The highest BCUT2D eigenvalue weighted by Crippen LogP contribution is 2.33. The number of nitrogens with zero attached hydrogens (tertiary/aromatic N) is 2. The first-order valence-corrected chi connectivity index (χ1v) is 9.02. The topological polar surface area (TPSA) is 86.5 Å². The lowest BCUT2D eigenvalue weighted by Crippen LogP contribution is -2.14. The summed E-state index contributed by atoms with van der Waals surface area (Å²) in [4.78, 5) is 21.4. The number of fused-ring (bicyclic) bond motifs is 1. The van der Waals surface area contributed by atoms with Gasteiger partial charge in [-0.1, -0.05) is 17.7 Å². The van der Waals surface area contributed by atoms with Gasteiger partial charge in [0.1, 0.15) is 17.1 Å². The summed E-state index contributed by atoms with van der Waals surface area (Å²) < 4.78 is 16.3. The maximum Gasteiger partial charge on any atom is 0.263 e. The van der Waals surface area contributed by atoms with Crippen molar-refractivity contribution in [3.63, 3.8) is 0 Å². The van der Waals surface area contributed by atoms with Crippen molar-refractivity contribution in [1.29, 1.82) is 0 Å². The van der Waals surface area contributed by atoms with Crippen LogP contribution in [0, 0.1) is 0 Å². The standard InChI is InChI=1S/C21H16ClN3O4/c1-27-15-5-3-6-16(28-2)18(15)20(26)24-12-8-9-14(22)13(11-12)21-25-19-17(29-21)7-4-10-23-19/h3-11H,1-2H3,(H,24,26). The minimum atomic E-state index is -0.383. The van der Waals surface area contributed by atoms with Crippen molar-refractivity contribution >= 4 is 34.4 Å². The number of carbonyl (C=O) groups excluding carboxylic acids is 1. The predicted octanol–water partition coefficient (Wildman–Crippen LogP) is 4.81. The Labute approximate surface area is 171 Å². The summed E-state index contributed by atoms with van der Waals surface area (Å²) in [5.74, 6) is 0.739. The normalized spacial score (nSPS) is 10.7. The molecule has 0 aliphatic heterocycles. The van der Waals surface area contributed by atoms with Crippen molar-refractivity contribution in [2.75, 3.05) is 19.5 Å². The second-order valence-electron chi connectivity index (χ2n) is 6.03. The maximum absolute atomic E-state index is 12.9. The van der Waals surface area contributed by atoms with Gasteiger partial charge >= 0.3 is 0 Å². The lowest BCUT2D eigenvalue weighted by Gasteiger charge is -2.13. The van der Waals surface area contributed by atoms with Crippen LogP contribution in [-0.4, -0.2) is 30.1 Å². The molecule has 2 heterocycles. The number of amides is 1. The monoisotopic (exact) mass is 409 g/mol. The number of hydrogen-bond donors (Lipinski definition) is 1. The highest BCUT2D eigenvalue weighted by molar-refractivity contribution is 6.33. The first-order chi connectivity index (χ1) is 14.1. The molecule has 0 atom stereocenters. The number of halogens is 1. The van der Waals surface area contributed by atoms with Gasteiger partial charge in [-0.05, 0) is 42.5 Å². The van der Waals surface area contributed by atoms with E-state index in [1.54, 1.807) is 54.7 Å². The third-order valence-electron chi connectivity index (χ3n) is 4.27. The summed E-state index contributed by atoms with van der Waals surface area (Å²) in [5.41, 5.74) is 2.37. The fourth-order valence-electron chi connectivity index (χ4n) is 2.92. The van der Waals surface area contributed by atoms with Gasteiger partial charge in [-0.25, -0.2) is 4.98 Å². The zero-order valence-electron chi connectivity index (χ0n) is 15.6. The molecule has 8 heteroatoms. The highest BCUT2D eigenvalue weighted by atomic mass is 35.5. The van der Waals surface area contributed by atoms with E-state index in [4.69, 9.17) is 25.5 Å². The first kappa shape index (κ1) is 18.8. The molecule has 0 saturated heterocycles.